The number of aryl methyl sites for hydroxylation is 1. The van der Waals surface area contributed by atoms with E-state index in [1.54, 1.807) is 20.0 Å². The van der Waals surface area contributed by atoms with Crippen LogP contribution in [0.2, 0.25) is 0 Å². The van der Waals surface area contributed by atoms with Gasteiger partial charge in [0.05, 0.1) is 4.92 Å². The summed E-state index contributed by atoms with van der Waals surface area (Å²) >= 11 is 0. The number of carbonyl (C=O) groups excluding carboxylic acids is 1. The van der Waals surface area contributed by atoms with Crippen LogP contribution in [0.1, 0.15) is 15.9 Å². The van der Waals surface area contributed by atoms with E-state index in [-0.39, 0.29) is 24.0 Å². The van der Waals surface area contributed by atoms with E-state index in [0.717, 1.165) is 5.56 Å². The first-order valence-corrected chi connectivity index (χ1v) is 5.24. The van der Waals surface area contributed by atoms with Crippen LogP contribution in [-0.4, -0.2) is 31.0 Å². The van der Waals surface area contributed by atoms with Crippen LogP contribution in [0.15, 0.2) is 18.2 Å². The maximum atomic E-state index is 11.8. The van der Waals surface area contributed by atoms with E-state index in [1.807, 2.05) is 0 Å². The number of rotatable bonds is 5. The van der Waals surface area contributed by atoms with Crippen molar-refractivity contribution in [3.63, 3.8) is 0 Å². The number of nitro groups is 1. The number of nitrogens with one attached hydrogen (secondary N) is 2. The quantitative estimate of drug-likeness (QED) is 0.481. The van der Waals surface area contributed by atoms with Crippen molar-refractivity contribution in [1.82, 2.24) is 10.6 Å². The summed E-state index contributed by atoms with van der Waals surface area (Å²) in [4.78, 5) is 21.9. The summed E-state index contributed by atoms with van der Waals surface area (Å²) in [6.07, 6.45) is 0. The average Bonchev–Trinajstić information content (AvgIpc) is 2.29. The van der Waals surface area contributed by atoms with E-state index in [2.05, 4.69) is 10.6 Å². The van der Waals surface area contributed by atoms with Crippen LogP contribution in [0.4, 0.5) is 5.69 Å². The molecule has 6 nitrogen and oxygen atoms in total. The Morgan fingerprint density at radius 2 is 2.06 bits per heavy atom. The van der Waals surface area contributed by atoms with Crippen molar-refractivity contribution in [3.8, 4) is 0 Å². The summed E-state index contributed by atoms with van der Waals surface area (Å²) in [5.74, 6) is -0.290. The van der Waals surface area contributed by atoms with Gasteiger partial charge in [0.1, 0.15) is 0 Å². The third-order valence-electron chi connectivity index (χ3n) is 2.34. The zero-order chi connectivity index (χ0) is 12.8. The van der Waals surface area contributed by atoms with E-state index >= 15 is 0 Å². The summed E-state index contributed by atoms with van der Waals surface area (Å²) in [6.45, 7) is 2.88. The Bertz CT molecular complexity index is 438. The maximum absolute atomic E-state index is 11.8. The first kappa shape index (κ1) is 16.3. The number of likely N-dealkylation sites (N-methyl/N-ethyl adjacent to an activating group) is 1. The zero-order valence-corrected chi connectivity index (χ0v) is 11.0. The van der Waals surface area contributed by atoms with Gasteiger partial charge < -0.3 is 10.6 Å². The first-order chi connectivity index (χ1) is 8.06. The number of amides is 1. The number of carbonyl (C=O) groups is 1. The number of nitro benzene ring substituents is 1. The van der Waals surface area contributed by atoms with Crippen LogP contribution < -0.4 is 10.6 Å². The van der Waals surface area contributed by atoms with Gasteiger partial charge in [-0.05, 0) is 19.5 Å². The SMILES string of the molecule is CNCCNC(=O)c1cc([N+](=O)[O-])ccc1C.Cl. The third-order valence-corrected chi connectivity index (χ3v) is 2.34. The largest absolute Gasteiger partial charge is 0.351 e. The molecule has 0 aliphatic carbocycles. The van der Waals surface area contributed by atoms with Crippen molar-refractivity contribution < 1.29 is 9.72 Å². The van der Waals surface area contributed by atoms with Gasteiger partial charge >= 0.3 is 0 Å². The number of hydrogen-bond acceptors (Lipinski definition) is 4. The van der Waals surface area contributed by atoms with Crippen LogP contribution in [0.3, 0.4) is 0 Å². The van der Waals surface area contributed by atoms with Gasteiger partial charge in [0, 0.05) is 30.8 Å². The molecule has 0 saturated heterocycles. The smallest absolute Gasteiger partial charge is 0.270 e. The molecule has 0 radical (unpaired) electrons. The molecule has 0 heterocycles. The van der Waals surface area contributed by atoms with Gasteiger partial charge in [-0.1, -0.05) is 6.07 Å². The van der Waals surface area contributed by atoms with Gasteiger partial charge in [-0.15, -0.1) is 12.4 Å². The molecule has 1 rings (SSSR count). The highest BCUT2D eigenvalue weighted by Gasteiger charge is 2.13. The molecule has 0 fully saturated rings. The maximum Gasteiger partial charge on any atom is 0.270 e. The van der Waals surface area contributed by atoms with Crippen LogP contribution in [0.25, 0.3) is 0 Å². The zero-order valence-electron chi connectivity index (χ0n) is 10.2. The minimum Gasteiger partial charge on any atom is -0.351 e. The molecule has 7 heteroatoms. The Balaban J connectivity index is 0.00000289. The van der Waals surface area contributed by atoms with Crippen molar-refractivity contribution in [3.05, 3.63) is 39.4 Å². The van der Waals surface area contributed by atoms with E-state index in [1.165, 1.54) is 12.1 Å². The van der Waals surface area contributed by atoms with Gasteiger partial charge in [0.25, 0.3) is 11.6 Å². The lowest BCUT2D eigenvalue weighted by Crippen LogP contribution is -2.30. The topological polar surface area (TPSA) is 84.3 Å². The molecule has 0 aliphatic heterocycles. The molecule has 0 saturated carbocycles. The van der Waals surface area contributed by atoms with Crippen molar-refractivity contribution in [2.24, 2.45) is 0 Å². The number of benzene rings is 1. The Hall–Kier alpha value is -1.66. The molecule has 0 unspecified atom stereocenters. The van der Waals surface area contributed by atoms with Gasteiger partial charge in [-0.3, -0.25) is 14.9 Å². The second-order valence-electron chi connectivity index (χ2n) is 3.62. The minimum atomic E-state index is -0.510. The molecule has 0 atom stereocenters. The molecule has 1 aromatic carbocycles. The summed E-state index contributed by atoms with van der Waals surface area (Å²) < 4.78 is 0. The van der Waals surface area contributed by atoms with Crippen LogP contribution in [0, 0.1) is 17.0 Å². The summed E-state index contributed by atoms with van der Waals surface area (Å²) in [5, 5.41) is 16.2. The molecular formula is C11H16ClN3O3. The van der Waals surface area contributed by atoms with Gasteiger partial charge in [-0.2, -0.15) is 0 Å². The fraction of sp³-hybridized carbons (Fsp3) is 0.364. The fourth-order valence-corrected chi connectivity index (χ4v) is 1.36. The Morgan fingerprint density at radius 3 is 2.61 bits per heavy atom. The molecule has 1 aromatic rings. The first-order valence-electron chi connectivity index (χ1n) is 5.24. The summed E-state index contributed by atoms with van der Waals surface area (Å²) in [6, 6.07) is 4.26. The number of hydrogen-bond donors (Lipinski definition) is 2. The fourth-order valence-electron chi connectivity index (χ4n) is 1.36. The van der Waals surface area contributed by atoms with Crippen molar-refractivity contribution in [2.75, 3.05) is 20.1 Å². The second-order valence-corrected chi connectivity index (χ2v) is 3.62. The molecule has 18 heavy (non-hydrogen) atoms. The van der Waals surface area contributed by atoms with Gasteiger partial charge in [0.2, 0.25) is 0 Å². The lowest BCUT2D eigenvalue weighted by molar-refractivity contribution is -0.384. The number of halogens is 1. The lowest BCUT2D eigenvalue weighted by atomic mass is 10.1. The number of nitrogens with zero attached hydrogens (tertiary/aromatic N) is 1. The summed E-state index contributed by atoms with van der Waals surface area (Å²) in [7, 11) is 1.78. The highest BCUT2D eigenvalue weighted by molar-refractivity contribution is 5.96. The summed E-state index contributed by atoms with van der Waals surface area (Å²) in [5.41, 5.74) is 0.988. The number of non-ortho nitro benzene ring substituents is 1. The van der Waals surface area contributed by atoms with E-state index < -0.39 is 4.92 Å². The van der Waals surface area contributed by atoms with E-state index in [9.17, 15) is 14.9 Å². The molecule has 1 amide bonds. The molecule has 0 aromatic heterocycles. The molecule has 0 spiro atoms. The predicted octanol–water partition coefficient (Wildman–Crippen LogP) is 1.27. The third kappa shape index (κ3) is 4.31. The van der Waals surface area contributed by atoms with Gasteiger partial charge in [-0.25, -0.2) is 0 Å². The van der Waals surface area contributed by atoms with Crippen LogP contribution >= 0.6 is 12.4 Å². The van der Waals surface area contributed by atoms with E-state index in [0.29, 0.717) is 18.7 Å². The van der Waals surface area contributed by atoms with Crippen molar-refractivity contribution in [2.45, 2.75) is 6.92 Å². The Morgan fingerprint density at radius 1 is 1.39 bits per heavy atom. The normalized spacial score (nSPS) is 9.44. The lowest BCUT2D eigenvalue weighted by Gasteiger charge is -2.07. The monoisotopic (exact) mass is 273 g/mol. The highest BCUT2D eigenvalue weighted by Crippen LogP contribution is 2.17. The van der Waals surface area contributed by atoms with Crippen molar-refractivity contribution >= 4 is 24.0 Å². The predicted molar refractivity (Wildman–Crippen MR) is 71.3 cm³/mol. The highest BCUT2D eigenvalue weighted by atomic mass is 35.5. The molecule has 0 aliphatic rings. The molecule has 100 valence electrons. The van der Waals surface area contributed by atoms with Gasteiger partial charge in [0.15, 0.2) is 0 Å². The van der Waals surface area contributed by atoms with E-state index in [4.69, 9.17) is 0 Å². The minimum absolute atomic E-state index is 0. The second kappa shape index (κ2) is 7.62. The van der Waals surface area contributed by atoms with Crippen LogP contribution in [0.5, 0.6) is 0 Å². The Labute approximate surface area is 111 Å². The molecule has 2 N–H and O–H groups in total. The standard InChI is InChI=1S/C11H15N3O3.ClH/c1-8-3-4-9(14(16)17)7-10(8)11(15)13-6-5-12-2;/h3-4,7,12H,5-6H2,1-2H3,(H,13,15);1H. The van der Waals surface area contributed by atoms with Crippen LogP contribution in [-0.2, 0) is 0 Å². The molecular weight excluding hydrogens is 258 g/mol. The molecule has 0 bridgehead atoms. The Kier molecular flexibility index (Phi) is 6.92. The van der Waals surface area contributed by atoms with Crippen molar-refractivity contribution in [1.29, 1.82) is 0 Å². The average molecular weight is 274 g/mol.